The molecule has 0 aromatic carbocycles. The highest BCUT2D eigenvalue weighted by Crippen LogP contribution is 2.25. The van der Waals surface area contributed by atoms with Crippen molar-refractivity contribution in [2.45, 2.75) is 50.6 Å². The molecule has 0 amide bonds. The molecule has 1 unspecified atom stereocenters. The molecule has 0 radical (unpaired) electrons. The van der Waals surface area contributed by atoms with E-state index in [9.17, 15) is 0 Å². The topological polar surface area (TPSA) is 30.5 Å². The fourth-order valence-electron chi connectivity index (χ4n) is 2.94. The van der Waals surface area contributed by atoms with E-state index in [4.69, 9.17) is 9.47 Å². The van der Waals surface area contributed by atoms with Gasteiger partial charge >= 0.3 is 0 Å². The Morgan fingerprint density at radius 1 is 1.12 bits per heavy atom. The lowest BCUT2D eigenvalue weighted by Crippen LogP contribution is -2.44. The molecule has 2 aliphatic rings. The number of hydrogen-bond acceptors (Lipinski definition) is 3. The summed E-state index contributed by atoms with van der Waals surface area (Å²) in [4.78, 5) is 0. The summed E-state index contributed by atoms with van der Waals surface area (Å²) in [5, 5.41) is 3.75. The first-order valence-electron chi connectivity index (χ1n) is 6.71. The van der Waals surface area contributed by atoms with Crippen molar-refractivity contribution >= 4 is 0 Å². The second-order valence-corrected chi connectivity index (χ2v) is 5.25. The van der Waals surface area contributed by atoms with Gasteiger partial charge in [0.15, 0.2) is 0 Å². The van der Waals surface area contributed by atoms with E-state index in [0.29, 0.717) is 6.04 Å². The van der Waals surface area contributed by atoms with Gasteiger partial charge in [0.2, 0.25) is 0 Å². The van der Waals surface area contributed by atoms with E-state index >= 15 is 0 Å². The van der Waals surface area contributed by atoms with Gasteiger partial charge in [0.05, 0.1) is 6.61 Å². The van der Waals surface area contributed by atoms with Crippen molar-refractivity contribution in [1.82, 2.24) is 5.32 Å². The van der Waals surface area contributed by atoms with Crippen LogP contribution in [0.1, 0.15) is 38.5 Å². The molecule has 1 saturated heterocycles. The fourth-order valence-corrected chi connectivity index (χ4v) is 2.94. The molecule has 2 rings (SSSR count). The predicted octanol–water partition coefficient (Wildman–Crippen LogP) is 1.96. The molecule has 0 bridgehead atoms. The van der Waals surface area contributed by atoms with Crippen LogP contribution in [0.25, 0.3) is 0 Å². The smallest absolute Gasteiger partial charge is 0.0619 e. The zero-order valence-electron chi connectivity index (χ0n) is 10.4. The van der Waals surface area contributed by atoms with Crippen LogP contribution in [0.2, 0.25) is 0 Å². The quantitative estimate of drug-likeness (QED) is 0.796. The SMILES string of the molecule is COCC1CCC(NC2CCCOC2)CC1. The van der Waals surface area contributed by atoms with Crippen molar-refractivity contribution in [3.63, 3.8) is 0 Å². The summed E-state index contributed by atoms with van der Waals surface area (Å²) in [5.74, 6) is 0.797. The lowest BCUT2D eigenvalue weighted by Gasteiger charge is -2.33. The molecule has 16 heavy (non-hydrogen) atoms. The summed E-state index contributed by atoms with van der Waals surface area (Å²) < 4.78 is 10.7. The normalized spacial score (nSPS) is 36.2. The minimum atomic E-state index is 0.609. The van der Waals surface area contributed by atoms with Crippen LogP contribution in [0, 0.1) is 5.92 Å². The fraction of sp³-hybridized carbons (Fsp3) is 1.00. The zero-order valence-corrected chi connectivity index (χ0v) is 10.4. The van der Waals surface area contributed by atoms with E-state index in [0.717, 1.165) is 31.8 Å². The van der Waals surface area contributed by atoms with Crippen LogP contribution in [-0.2, 0) is 9.47 Å². The first kappa shape index (κ1) is 12.3. The van der Waals surface area contributed by atoms with Crippen LogP contribution in [0.4, 0.5) is 0 Å². The summed E-state index contributed by atoms with van der Waals surface area (Å²) in [6, 6.07) is 1.33. The second-order valence-electron chi connectivity index (χ2n) is 5.25. The molecule has 0 aromatic heterocycles. The minimum Gasteiger partial charge on any atom is -0.384 e. The number of nitrogens with one attached hydrogen (secondary N) is 1. The Morgan fingerprint density at radius 2 is 1.94 bits per heavy atom. The largest absolute Gasteiger partial charge is 0.384 e. The van der Waals surface area contributed by atoms with Gasteiger partial charge in [-0.2, -0.15) is 0 Å². The average molecular weight is 227 g/mol. The molecule has 1 aliphatic heterocycles. The van der Waals surface area contributed by atoms with Crippen LogP contribution in [-0.4, -0.2) is 39.0 Å². The molecule has 2 fully saturated rings. The lowest BCUT2D eigenvalue weighted by atomic mass is 9.86. The van der Waals surface area contributed by atoms with Crippen LogP contribution in [0.3, 0.4) is 0 Å². The molecule has 1 heterocycles. The van der Waals surface area contributed by atoms with Gasteiger partial charge in [0.1, 0.15) is 0 Å². The van der Waals surface area contributed by atoms with E-state index in [1.165, 1.54) is 38.5 Å². The number of hydrogen-bond donors (Lipinski definition) is 1. The van der Waals surface area contributed by atoms with Gasteiger partial charge < -0.3 is 14.8 Å². The van der Waals surface area contributed by atoms with E-state index in [2.05, 4.69) is 5.32 Å². The third kappa shape index (κ3) is 3.72. The first-order valence-corrected chi connectivity index (χ1v) is 6.71. The number of rotatable bonds is 4. The molecule has 3 heteroatoms. The van der Waals surface area contributed by atoms with Gasteiger partial charge in [-0.05, 0) is 44.4 Å². The van der Waals surface area contributed by atoms with Crippen LogP contribution in [0.5, 0.6) is 0 Å². The van der Waals surface area contributed by atoms with Gasteiger partial charge in [-0.25, -0.2) is 0 Å². The van der Waals surface area contributed by atoms with Gasteiger partial charge in [0, 0.05) is 32.4 Å². The summed E-state index contributed by atoms with van der Waals surface area (Å²) in [7, 11) is 1.81. The summed E-state index contributed by atoms with van der Waals surface area (Å²) in [6.07, 6.45) is 7.77. The Labute approximate surface area is 98.9 Å². The van der Waals surface area contributed by atoms with E-state index < -0.39 is 0 Å². The van der Waals surface area contributed by atoms with Crippen molar-refractivity contribution in [3.8, 4) is 0 Å². The predicted molar refractivity (Wildman–Crippen MR) is 64.6 cm³/mol. The monoisotopic (exact) mass is 227 g/mol. The maximum Gasteiger partial charge on any atom is 0.0619 e. The molecule has 1 N–H and O–H groups in total. The Morgan fingerprint density at radius 3 is 2.56 bits per heavy atom. The van der Waals surface area contributed by atoms with E-state index in [1.54, 1.807) is 0 Å². The summed E-state index contributed by atoms with van der Waals surface area (Å²) in [5.41, 5.74) is 0. The van der Waals surface area contributed by atoms with Gasteiger partial charge in [-0.1, -0.05) is 0 Å². The maximum absolute atomic E-state index is 5.50. The zero-order chi connectivity index (χ0) is 11.2. The van der Waals surface area contributed by atoms with Crippen LogP contribution in [0.15, 0.2) is 0 Å². The molecule has 94 valence electrons. The molecule has 1 atom stereocenters. The standard InChI is InChI=1S/C13H25NO2/c1-15-9-11-4-6-12(7-5-11)14-13-3-2-8-16-10-13/h11-14H,2-10H2,1H3. The third-order valence-electron chi connectivity index (χ3n) is 3.88. The van der Waals surface area contributed by atoms with E-state index in [1.807, 2.05) is 7.11 Å². The highest BCUT2D eigenvalue weighted by Gasteiger charge is 2.23. The van der Waals surface area contributed by atoms with Gasteiger partial charge in [-0.3, -0.25) is 0 Å². The van der Waals surface area contributed by atoms with Gasteiger partial charge in [-0.15, -0.1) is 0 Å². The Balaban J connectivity index is 1.64. The lowest BCUT2D eigenvalue weighted by molar-refractivity contribution is 0.0605. The summed E-state index contributed by atoms with van der Waals surface area (Å²) in [6.45, 7) is 2.82. The van der Waals surface area contributed by atoms with Crippen molar-refractivity contribution in [2.24, 2.45) is 5.92 Å². The molecular formula is C13H25NO2. The highest BCUT2D eigenvalue weighted by atomic mass is 16.5. The molecule has 1 aliphatic carbocycles. The Kier molecular flexibility index (Phi) is 5.07. The minimum absolute atomic E-state index is 0.609. The maximum atomic E-state index is 5.50. The van der Waals surface area contributed by atoms with Crippen molar-refractivity contribution in [3.05, 3.63) is 0 Å². The molecule has 1 saturated carbocycles. The third-order valence-corrected chi connectivity index (χ3v) is 3.88. The first-order chi connectivity index (χ1) is 7.88. The van der Waals surface area contributed by atoms with Crippen molar-refractivity contribution < 1.29 is 9.47 Å². The molecule has 0 spiro atoms. The number of ether oxygens (including phenoxy) is 2. The Bertz CT molecular complexity index is 184. The Hall–Kier alpha value is -0.120. The summed E-state index contributed by atoms with van der Waals surface area (Å²) >= 11 is 0. The highest BCUT2D eigenvalue weighted by molar-refractivity contribution is 4.81. The van der Waals surface area contributed by atoms with Gasteiger partial charge in [0.25, 0.3) is 0 Å². The molecular weight excluding hydrogens is 202 g/mol. The average Bonchev–Trinajstić information content (AvgIpc) is 2.33. The second kappa shape index (κ2) is 6.58. The van der Waals surface area contributed by atoms with Crippen molar-refractivity contribution in [2.75, 3.05) is 26.9 Å². The molecule has 3 nitrogen and oxygen atoms in total. The van der Waals surface area contributed by atoms with Crippen molar-refractivity contribution in [1.29, 1.82) is 0 Å². The van der Waals surface area contributed by atoms with Crippen LogP contribution < -0.4 is 5.32 Å². The molecule has 0 aromatic rings. The number of methoxy groups -OCH3 is 1. The van der Waals surface area contributed by atoms with E-state index in [-0.39, 0.29) is 0 Å². The van der Waals surface area contributed by atoms with Crippen LogP contribution >= 0.6 is 0 Å².